The third-order valence-corrected chi connectivity index (χ3v) is 2.70. The second-order valence-electron chi connectivity index (χ2n) is 4.31. The van der Waals surface area contributed by atoms with Crippen LogP contribution < -0.4 is 10.1 Å². The van der Waals surface area contributed by atoms with E-state index in [1.165, 1.54) is 6.33 Å². The summed E-state index contributed by atoms with van der Waals surface area (Å²) in [6, 6.07) is 7.13. The lowest BCUT2D eigenvalue weighted by Gasteiger charge is -2.06. The van der Waals surface area contributed by atoms with Crippen molar-refractivity contribution in [3.8, 4) is 5.75 Å². The highest BCUT2D eigenvalue weighted by molar-refractivity contribution is 5.94. The van der Waals surface area contributed by atoms with Crippen molar-refractivity contribution in [2.45, 2.75) is 19.8 Å². The van der Waals surface area contributed by atoms with Crippen LogP contribution in [-0.2, 0) is 6.42 Å². The predicted octanol–water partition coefficient (Wildman–Crippen LogP) is 1.57. The summed E-state index contributed by atoms with van der Waals surface area (Å²) in [4.78, 5) is 15.9. The quantitative estimate of drug-likeness (QED) is 0.803. The molecule has 0 bridgehead atoms. The SMILES string of the molecule is CCCOc1ccc(C(=O)NCCc2ncn[nH]2)cc1. The molecule has 1 heterocycles. The molecular weight excluding hydrogens is 256 g/mol. The van der Waals surface area contributed by atoms with Crippen LogP contribution in [0.2, 0.25) is 0 Å². The molecule has 0 aliphatic heterocycles. The Morgan fingerprint density at radius 2 is 2.15 bits per heavy atom. The van der Waals surface area contributed by atoms with Gasteiger partial charge in [-0.2, -0.15) is 5.10 Å². The van der Waals surface area contributed by atoms with E-state index in [9.17, 15) is 4.79 Å². The molecule has 0 spiro atoms. The van der Waals surface area contributed by atoms with Crippen LogP contribution in [0.5, 0.6) is 5.75 Å². The van der Waals surface area contributed by atoms with Gasteiger partial charge in [-0.25, -0.2) is 4.98 Å². The average molecular weight is 274 g/mol. The zero-order chi connectivity index (χ0) is 14.2. The minimum absolute atomic E-state index is 0.105. The first kappa shape index (κ1) is 14.0. The summed E-state index contributed by atoms with van der Waals surface area (Å²) in [6.07, 6.45) is 3.04. The third-order valence-electron chi connectivity index (χ3n) is 2.70. The van der Waals surface area contributed by atoms with E-state index in [2.05, 4.69) is 27.4 Å². The fourth-order valence-corrected chi connectivity index (χ4v) is 1.67. The van der Waals surface area contributed by atoms with Crippen molar-refractivity contribution in [3.05, 3.63) is 42.0 Å². The minimum Gasteiger partial charge on any atom is -0.494 e. The molecule has 6 nitrogen and oxygen atoms in total. The molecule has 20 heavy (non-hydrogen) atoms. The first-order chi connectivity index (χ1) is 9.79. The van der Waals surface area contributed by atoms with Gasteiger partial charge >= 0.3 is 0 Å². The summed E-state index contributed by atoms with van der Waals surface area (Å²) in [5, 5.41) is 9.33. The van der Waals surface area contributed by atoms with E-state index in [-0.39, 0.29) is 5.91 Å². The van der Waals surface area contributed by atoms with Crippen LogP contribution in [0.25, 0.3) is 0 Å². The second kappa shape index (κ2) is 7.28. The summed E-state index contributed by atoms with van der Waals surface area (Å²) < 4.78 is 5.47. The summed E-state index contributed by atoms with van der Waals surface area (Å²) in [6.45, 7) is 3.25. The molecule has 6 heteroatoms. The Kier molecular flexibility index (Phi) is 5.11. The lowest BCUT2D eigenvalue weighted by Crippen LogP contribution is -2.25. The molecular formula is C14H18N4O2. The molecule has 0 atom stereocenters. The largest absolute Gasteiger partial charge is 0.494 e. The number of H-pyrrole nitrogens is 1. The van der Waals surface area contributed by atoms with Crippen molar-refractivity contribution in [3.63, 3.8) is 0 Å². The molecule has 0 radical (unpaired) electrons. The minimum atomic E-state index is -0.105. The topological polar surface area (TPSA) is 79.9 Å². The number of carbonyl (C=O) groups is 1. The Hall–Kier alpha value is -2.37. The number of ether oxygens (including phenoxy) is 1. The van der Waals surface area contributed by atoms with E-state index >= 15 is 0 Å². The van der Waals surface area contributed by atoms with Gasteiger partial charge < -0.3 is 10.1 Å². The van der Waals surface area contributed by atoms with Crippen molar-refractivity contribution < 1.29 is 9.53 Å². The molecule has 0 fully saturated rings. The number of aromatic nitrogens is 3. The summed E-state index contributed by atoms with van der Waals surface area (Å²) >= 11 is 0. The first-order valence-corrected chi connectivity index (χ1v) is 6.65. The molecule has 1 aromatic heterocycles. The van der Waals surface area contributed by atoms with E-state index in [0.29, 0.717) is 25.1 Å². The van der Waals surface area contributed by atoms with Crippen LogP contribution in [0.3, 0.4) is 0 Å². The molecule has 0 aliphatic carbocycles. The standard InChI is InChI=1S/C14H18N4O2/c1-2-9-20-12-5-3-11(4-6-12)14(19)15-8-7-13-16-10-17-18-13/h3-6,10H,2,7-9H2,1H3,(H,15,19)(H,16,17,18). The van der Waals surface area contributed by atoms with Crippen molar-refractivity contribution in [1.29, 1.82) is 0 Å². The van der Waals surface area contributed by atoms with Gasteiger partial charge in [0.2, 0.25) is 0 Å². The van der Waals surface area contributed by atoms with Gasteiger partial charge in [-0.05, 0) is 30.7 Å². The Morgan fingerprint density at radius 3 is 2.80 bits per heavy atom. The number of amides is 1. The lowest BCUT2D eigenvalue weighted by molar-refractivity contribution is 0.0954. The Bertz CT molecular complexity index is 523. The van der Waals surface area contributed by atoms with E-state index in [0.717, 1.165) is 18.0 Å². The van der Waals surface area contributed by atoms with Crippen LogP contribution in [0, 0.1) is 0 Å². The van der Waals surface area contributed by atoms with Gasteiger partial charge in [-0.1, -0.05) is 6.92 Å². The van der Waals surface area contributed by atoms with Gasteiger partial charge in [-0.3, -0.25) is 9.89 Å². The van der Waals surface area contributed by atoms with Crippen LogP contribution in [-0.4, -0.2) is 34.2 Å². The van der Waals surface area contributed by atoms with Crippen LogP contribution >= 0.6 is 0 Å². The molecule has 2 N–H and O–H groups in total. The van der Waals surface area contributed by atoms with Crippen LogP contribution in [0.15, 0.2) is 30.6 Å². The lowest BCUT2D eigenvalue weighted by atomic mass is 10.2. The molecule has 2 aromatic rings. The molecule has 1 amide bonds. The maximum atomic E-state index is 11.9. The molecule has 106 valence electrons. The second-order valence-corrected chi connectivity index (χ2v) is 4.31. The molecule has 0 saturated carbocycles. The number of nitrogens with one attached hydrogen (secondary N) is 2. The normalized spacial score (nSPS) is 10.2. The highest BCUT2D eigenvalue weighted by Crippen LogP contribution is 2.12. The number of carbonyl (C=O) groups excluding carboxylic acids is 1. The zero-order valence-electron chi connectivity index (χ0n) is 11.4. The zero-order valence-corrected chi connectivity index (χ0v) is 11.4. The number of benzene rings is 1. The molecule has 2 rings (SSSR count). The van der Waals surface area contributed by atoms with E-state index < -0.39 is 0 Å². The first-order valence-electron chi connectivity index (χ1n) is 6.65. The van der Waals surface area contributed by atoms with E-state index in [4.69, 9.17) is 4.74 Å². The van der Waals surface area contributed by atoms with Gasteiger partial charge in [-0.15, -0.1) is 0 Å². The number of rotatable bonds is 7. The van der Waals surface area contributed by atoms with Crippen LogP contribution in [0.1, 0.15) is 29.5 Å². The highest BCUT2D eigenvalue weighted by atomic mass is 16.5. The van der Waals surface area contributed by atoms with E-state index in [1.54, 1.807) is 24.3 Å². The Morgan fingerprint density at radius 1 is 1.35 bits per heavy atom. The number of nitrogens with zero attached hydrogens (tertiary/aromatic N) is 2. The fraction of sp³-hybridized carbons (Fsp3) is 0.357. The van der Waals surface area contributed by atoms with Crippen LogP contribution in [0.4, 0.5) is 0 Å². The predicted molar refractivity (Wildman–Crippen MR) is 74.6 cm³/mol. The summed E-state index contributed by atoms with van der Waals surface area (Å²) in [7, 11) is 0. The van der Waals surface area contributed by atoms with Crippen molar-refractivity contribution in [1.82, 2.24) is 20.5 Å². The van der Waals surface area contributed by atoms with Crippen molar-refractivity contribution in [2.24, 2.45) is 0 Å². The Labute approximate surface area is 117 Å². The highest BCUT2D eigenvalue weighted by Gasteiger charge is 2.05. The summed E-state index contributed by atoms with van der Waals surface area (Å²) in [5.74, 6) is 1.44. The third kappa shape index (κ3) is 4.08. The smallest absolute Gasteiger partial charge is 0.251 e. The van der Waals surface area contributed by atoms with Gasteiger partial charge in [0.05, 0.1) is 6.61 Å². The summed E-state index contributed by atoms with van der Waals surface area (Å²) in [5.41, 5.74) is 0.617. The van der Waals surface area contributed by atoms with Gasteiger partial charge in [0.1, 0.15) is 17.9 Å². The maximum absolute atomic E-state index is 11.9. The van der Waals surface area contributed by atoms with Crippen molar-refractivity contribution in [2.75, 3.05) is 13.2 Å². The average Bonchev–Trinajstić information content (AvgIpc) is 2.99. The van der Waals surface area contributed by atoms with Gasteiger partial charge in [0, 0.05) is 18.5 Å². The Balaban J connectivity index is 1.79. The number of hydrogen-bond acceptors (Lipinski definition) is 4. The molecule has 0 saturated heterocycles. The number of aromatic amines is 1. The molecule has 1 aromatic carbocycles. The number of hydrogen-bond donors (Lipinski definition) is 2. The van der Waals surface area contributed by atoms with E-state index in [1.807, 2.05) is 0 Å². The van der Waals surface area contributed by atoms with Gasteiger partial charge in [0.25, 0.3) is 5.91 Å². The van der Waals surface area contributed by atoms with Gasteiger partial charge in [0.15, 0.2) is 0 Å². The molecule has 0 aliphatic rings. The monoisotopic (exact) mass is 274 g/mol. The van der Waals surface area contributed by atoms with Crippen molar-refractivity contribution >= 4 is 5.91 Å². The molecule has 0 unspecified atom stereocenters. The maximum Gasteiger partial charge on any atom is 0.251 e. The fourth-order valence-electron chi connectivity index (χ4n) is 1.67.